The van der Waals surface area contributed by atoms with E-state index in [9.17, 15) is 4.39 Å². The minimum atomic E-state index is -0.451. The highest BCUT2D eigenvalue weighted by Gasteiger charge is 2.07. The number of aryl methyl sites for hydroxylation is 1. The third kappa shape index (κ3) is 2.61. The number of rotatable bonds is 3. The molecule has 1 aromatic carbocycles. The van der Waals surface area contributed by atoms with Gasteiger partial charge < -0.3 is 4.90 Å². The number of hydrogen-bond donors (Lipinski definition) is 0. The molecular formula is C14H15FN2. The van der Waals surface area contributed by atoms with Crippen LogP contribution in [-0.2, 0) is 0 Å². The number of halogens is 1. The molecule has 2 rings (SSSR count). The van der Waals surface area contributed by atoms with Crippen LogP contribution in [0.15, 0.2) is 42.6 Å². The Morgan fingerprint density at radius 3 is 2.41 bits per heavy atom. The molecule has 1 heterocycles. The van der Waals surface area contributed by atoms with Gasteiger partial charge in [-0.2, -0.15) is 4.39 Å². The van der Waals surface area contributed by atoms with E-state index in [1.807, 2.05) is 36.9 Å². The summed E-state index contributed by atoms with van der Waals surface area (Å²) in [4.78, 5) is 5.62. The van der Waals surface area contributed by atoms with Crippen molar-refractivity contribution >= 4 is 11.4 Å². The fourth-order valence-electron chi connectivity index (χ4n) is 1.80. The summed E-state index contributed by atoms with van der Waals surface area (Å²) < 4.78 is 13.1. The highest BCUT2D eigenvalue weighted by atomic mass is 19.1. The van der Waals surface area contributed by atoms with Gasteiger partial charge >= 0.3 is 0 Å². The van der Waals surface area contributed by atoms with E-state index in [1.165, 1.54) is 17.8 Å². The van der Waals surface area contributed by atoms with E-state index in [1.54, 1.807) is 0 Å². The standard InChI is InChI=1S/C14H15FN2/c1-3-17(12-6-4-11(2)5-7-12)13-8-9-16-14(15)10-13/h4-10H,3H2,1-2H3. The molecule has 0 amide bonds. The Balaban J connectivity index is 2.36. The summed E-state index contributed by atoms with van der Waals surface area (Å²) in [6.45, 7) is 4.87. The van der Waals surface area contributed by atoms with Crippen molar-refractivity contribution in [3.05, 3.63) is 54.1 Å². The van der Waals surface area contributed by atoms with Crippen LogP contribution in [0.3, 0.4) is 0 Å². The largest absolute Gasteiger partial charge is 0.342 e. The van der Waals surface area contributed by atoms with Crippen molar-refractivity contribution in [2.75, 3.05) is 11.4 Å². The lowest BCUT2D eigenvalue weighted by Crippen LogP contribution is -2.16. The molecule has 0 aliphatic rings. The van der Waals surface area contributed by atoms with Gasteiger partial charge in [0, 0.05) is 30.2 Å². The molecule has 0 aliphatic carbocycles. The van der Waals surface area contributed by atoms with E-state index < -0.39 is 5.95 Å². The van der Waals surface area contributed by atoms with Crippen LogP contribution in [-0.4, -0.2) is 11.5 Å². The molecule has 0 unspecified atom stereocenters. The van der Waals surface area contributed by atoms with Gasteiger partial charge in [-0.15, -0.1) is 0 Å². The molecule has 2 aromatic rings. The second kappa shape index (κ2) is 4.95. The number of benzene rings is 1. The van der Waals surface area contributed by atoms with Gasteiger partial charge in [0.15, 0.2) is 0 Å². The van der Waals surface area contributed by atoms with Gasteiger partial charge in [0.25, 0.3) is 0 Å². The zero-order valence-electron chi connectivity index (χ0n) is 10.0. The Kier molecular flexibility index (Phi) is 3.38. The lowest BCUT2D eigenvalue weighted by Gasteiger charge is -2.23. The molecule has 0 aliphatic heterocycles. The van der Waals surface area contributed by atoms with Crippen molar-refractivity contribution < 1.29 is 4.39 Å². The first kappa shape index (κ1) is 11.6. The molecule has 0 atom stereocenters. The molecule has 0 N–H and O–H groups in total. The minimum Gasteiger partial charge on any atom is -0.342 e. The summed E-state index contributed by atoms with van der Waals surface area (Å²) in [5.74, 6) is -0.451. The molecule has 0 fully saturated rings. The Bertz CT molecular complexity index is 494. The molecule has 0 spiro atoms. The van der Waals surface area contributed by atoms with E-state index in [4.69, 9.17) is 0 Å². The van der Waals surface area contributed by atoms with Crippen LogP contribution < -0.4 is 4.90 Å². The Morgan fingerprint density at radius 2 is 1.82 bits per heavy atom. The summed E-state index contributed by atoms with van der Waals surface area (Å²) in [6, 6.07) is 11.4. The van der Waals surface area contributed by atoms with Gasteiger partial charge in [0.05, 0.1) is 0 Å². The van der Waals surface area contributed by atoms with Gasteiger partial charge in [-0.05, 0) is 32.0 Å². The van der Waals surface area contributed by atoms with Crippen molar-refractivity contribution in [2.24, 2.45) is 0 Å². The molecule has 0 radical (unpaired) electrons. The summed E-state index contributed by atoms with van der Waals surface area (Å²) in [5.41, 5.74) is 3.10. The maximum absolute atomic E-state index is 13.1. The first-order chi connectivity index (χ1) is 8.20. The average molecular weight is 230 g/mol. The third-order valence-electron chi connectivity index (χ3n) is 2.68. The molecule has 88 valence electrons. The van der Waals surface area contributed by atoms with Crippen LogP contribution in [0, 0.1) is 12.9 Å². The van der Waals surface area contributed by atoms with Crippen molar-refractivity contribution in [1.29, 1.82) is 0 Å². The monoisotopic (exact) mass is 230 g/mol. The Morgan fingerprint density at radius 1 is 1.12 bits per heavy atom. The fourth-order valence-corrected chi connectivity index (χ4v) is 1.80. The molecule has 17 heavy (non-hydrogen) atoms. The number of hydrogen-bond acceptors (Lipinski definition) is 2. The molecule has 3 heteroatoms. The maximum atomic E-state index is 13.1. The summed E-state index contributed by atoms with van der Waals surface area (Å²) in [5, 5.41) is 0. The lowest BCUT2D eigenvalue weighted by atomic mass is 10.2. The molecule has 1 aromatic heterocycles. The predicted molar refractivity (Wildman–Crippen MR) is 68.1 cm³/mol. The zero-order chi connectivity index (χ0) is 12.3. The van der Waals surface area contributed by atoms with Crippen LogP contribution in [0.2, 0.25) is 0 Å². The molecule has 0 saturated carbocycles. The number of nitrogens with zero attached hydrogens (tertiary/aromatic N) is 2. The SMILES string of the molecule is CCN(c1ccc(C)cc1)c1ccnc(F)c1. The van der Waals surface area contributed by atoms with E-state index >= 15 is 0 Å². The van der Waals surface area contributed by atoms with Crippen molar-refractivity contribution in [3.8, 4) is 0 Å². The third-order valence-corrected chi connectivity index (χ3v) is 2.68. The van der Waals surface area contributed by atoms with E-state index in [2.05, 4.69) is 17.1 Å². The van der Waals surface area contributed by atoms with E-state index in [0.717, 1.165) is 17.9 Å². The normalized spacial score (nSPS) is 10.3. The molecule has 2 nitrogen and oxygen atoms in total. The predicted octanol–water partition coefficient (Wildman–Crippen LogP) is 3.69. The van der Waals surface area contributed by atoms with Crippen LogP contribution in [0.4, 0.5) is 15.8 Å². The Labute approximate surface area is 101 Å². The lowest BCUT2D eigenvalue weighted by molar-refractivity contribution is 0.583. The van der Waals surface area contributed by atoms with Gasteiger partial charge in [0.2, 0.25) is 5.95 Å². The first-order valence-electron chi connectivity index (χ1n) is 5.66. The van der Waals surface area contributed by atoms with Gasteiger partial charge in [-0.1, -0.05) is 17.7 Å². The quantitative estimate of drug-likeness (QED) is 0.747. The van der Waals surface area contributed by atoms with Crippen LogP contribution in [0.1, 0.15) is 12.5 Å². The first-order valence-corrected chi connectivity index (χ1v) is 5.66. The van der Waals surface area contributed by atoms with E-state index in [-0.39, 0.29) is 0 Å². The minimum absolute atomic E-state index is 0.451. The molecular weight excluding hydrogens is 215 g/mol. The van der Waals surface area contributed by atoms with Crippen molar-refractivity contribution in [3.63, 3.8) is 0 Å². The number of pyridine rings is 1. The second-order valence-corrected chi connectivity index (χ2v) is 3.92. The smallest absolute Gasteiger partial charge is 0.214 e. The van der Waals surface area contributed by atoms with Crippen LogP contribution in [0.25, 0.3) is 0 Å². The highest BCUT2D eigenvalue weighted by Crippen LogP contribution is 2.25. The van der Waals surface area contributed by atoms with E-state index in [0.29, 0.717) is 0 Å². The molecule has 0 bridgehead atoms. The zero-order valence-corrected chi connectivity index (χ0v) is 10.0. The Hall–Kier alpha value is -1.90. The summed E-state index contributed by atoms with van der Waals surface area (Å²) >= 11 is 0. The summed E-state index contributed by atoms with van der Waals surface area (Å²) in [7, 11) is 0. The average Bonchev–Trinajstić information content (AvgIpc) is 2.33. The molecule has 0 saturated heterocycles. The highest BCUT2D eigenvalue weighted by molar-refractivity contribution is 5.62. The fraction of sp³-hybridized carbons (Fsp3) is 0.214. The van der Waals surface area contributed by atoms with Gasteiger partial charge in [0.1, 0.15) is 0 Å². The van der Waals surface area contributed by atoms with Crippen molar-refractivity contribution in [2.45, 2.75) is 13.8 Å². The number of aromatic nitrogens is 1. The van der Waals surface area contributed by atoms with Crippen LogP contribution >= 0.6 is 0 Å². The number of anilines is 2. The second-order valence-electron chi connectivity index (χ2n) is 3.92. The maximum Gasteiger partial charge on any atom is 0.214 e. The van der Waals surface area contributed by atoms with Gasteiger partial charge in [-0.25, -0.2) is 4.98 Å². The van der Waals surface area contributed by atoms with Crippen molar-refractivity contribution in [1.82, 2.24) is 4.98 Å². The topological polar surface area (TPSA) is 16.1 Å². The van der Waals surface area contributed by atoms with Crippen LogP contribution in [0.5, 0.6) is 0 Å². The summed E-state index contributed by atoms with van der Waals surface area (Å²) in [6.07, 6.45) is 1.49. The van der Waals surface area contributed by atoms with Gasteiger partial charge in [-0.3, -0.25) is 0 Å².